The quantitative estimate of drug-likeness (QED) is 0.515. The normalized spacial score (nSPS) is 17.7. The van der Waals surface area contributed by atoms with Crippen molar-refractivity contribution in [2.45, 2.75) is 32.9 Å². The Morgan fingerprint density at radius 3 is 2.81 bits per heavy atom. The van der Waals surface area contributed by atoms with E-state index in [1.165, 1.54) is 11.8 Å². The molecule has 2 aromatic carbocycles. The van der Waals surface area contributed by atoms with E-state index < -0.39 is 12.0 Å². The molecule has 37 heavy (non-hydrogen) atoms. The number of methoxy groups -OCH3 is 1. The fourth-order valence-electron chi connectivity index (χ4n) is 4.50. The second-order valence-electron chi connectivity index (χ2n) is 8.50. The summed E-state index contributed by atoms with van der Waals surface area (Å²) in [7, 11) is 1.59. The van der Waals surface area contributed by atoms with Crippen molar-refractivity contribution in [1.29, 1.82) is 0 Å². The molecule has 3 heterocycles. The zero-order valence-corrected chi connectivity index (χ0v) is 21.6. The molecule has 0 spiro atoms. The third-order valence-electron chi connectivity index (χ3n) is 6.20. The molecule has 0 bridgehead atoms. The average molecular weight is 522 g/mol. The van der Waals surface area contributed by atoms with Gasteiger partial charge in [-0.15, -0.1) is 0 Å². The number of nitrogens with one attached hydrogen (secondary N) is 1. The number of fused-ring (bicyclic) bond motifs is 2. The first kappa shape index (κ1) is 24.8. The van der Waals surface area contributed by atoms with Crippen LogP contribution in [0.5, 0.6) is 17.2 Å². The molecule has 2 aromatic rings. The lowest BCUT2D eigenvalue weighted by atomic mass is 9.93. The van der Waals surface area contributed by atoms with Gasteiger partial charge in [-0.3, -0.25) is 4.79 Å². The second kappa shape index (κ2) is 10.6. The lowest BCUT2D eigenvalue weighted by Gasteiger charge is -2.36. The summed E-state index contributed by atoms with van der Waals surface area (Å²) in [5.74, 6) is 1.40. The van der Waals surface area contributed by atoms with Gasteiger partial charge in [0.25, 0.3) is 0 Å². The minimum absolute atomic E-state index is 0.109. The van der Waals surface area contributed by atoms with Gasteiger partial charge in [-0.25, -0.2) is 9.79 Å². The molecule has 0 saturated heterocycles. The van der Waals surface area contributed by atoms with Crippen LogP contribution in [-0.2, 0) is 20.9 Å². The van der Waals surface area contributed by atoms with Crippen LogP contribution >= 0.6 is 11.8 Å². The number of esters is 1. The summed E-state index contributed by atoms with van der Waals surface area (Å²) in [6, 6.07) is 12.6. The monoisotopic (exact) mass is 521 g/mol. The van der Waals surface area contributed by atoms with Gasteiger partial charge in [-0.2, -0.15) is 0 Å². The number of carbonyl (C=O) groups excluding carboxylic acids is 2. The number of hydrogen-bond acceptors (Lipinski definition) is 9. The predicted molar refractivity (Wildman–Crippen MR) is 139 cm³/mol. The molecule has 192 valence electrons. The SMILES string of the molecule is CCOC(=O)C1=C(C)N=C2SC=C(CC(=O)NCc3ccc4c(c3)OCO4)N2C1c1ccccc1OC. The number of aliphatic imine (C=N–C) groups is 1. The Hall–Kier alpha value is -3.92. The summed E-state index contributed by atoms with van der Waals surface area (Å²) in [5, 5.41) is 5.57. The van der Waals surface area contributed by atoms with Crippen molar-refractivity contribution in [1.82, 2.24) is 10.2 Å². The highest BCUT2D eigenvalue weighted by molar-refractivity contribution is 8.16. The molecule has 0 radical (unpaired) electrons. The molecule has 0 saturated carbocycles. The molecular weight excluding hydrogens is 494 g/mol. The number of rotatable bonds is 8. The number of carbonyl (C=O) groups is 2. The lowest BCUT2D eigenvalue weighted by Crippen LogP contribution is -2.38. The van der Waals surface area contributed by atoms with E-state index in [-0.39, 0.29) is 25.7 Å². The van der Waals surface area contributed by atoms with Crippen LogP contribution in [0, 0.1) is 0 Å². The fraction of sp³-hybridized carbons (Fsp3) is 0.296. The Kier molecular flexibility index (Phi) is 7.09. The van der Waals surface area contributed by atoms with Crippen LogP contribution in [0.2, 0.25) is 0 Å². The Balaban J connectivity index is 1.39. The van der Waals surface area contributed by atoms with Crippen LogP contribution in [0.25, 0.3) is 0 Å². The van der Waals surface area contributed by atoms with Crippen LogP contribution in [-0.4, -0.2) is 42.5 Å². The maximum absolute atomic E-state index is 13.1. The lowest BCUT2D eigenvalue weighted by molar-refractivity contribution is -0.139. The number of thioether (sulfide) groups is 1. The van der Waals surface area contributed by atoms with Gasteiger partial charge in [0.2, 0.25) is 12.7 Å². The standard InChI is InChI=1S/C27H27N3O6S/c1-4-34-26(32)24-16(2)29-27-30(25(24)19-7-5-6-8-20(19)33-3)18(14-37-27)12-23(31)28-13-17-9-10-21-22(11-17)36-15-35-21/h5-11,14,25H,4,12-13,15H2,1-3H3,(H,28,31). The van der Waals surface area contributed by atoms with Crippen molar-refractivity contribution in [3.8, 4) is 17.2 Å². The maximum Gasteiger partial charge on any atom is 0.338 e. The molecule has 5 rings (SSSR count). The second-order valence-corrected chi connectivity index (χ2v) is 9.33. The highest BCUT2D eigenvalue weighted by atomic mass is 32.2. The summed E-state index contributed by atoms with van der Waals surface area (Å²) < 4.78 is 21.8. The Bertz CT molecular complexity index is 1340. The molecule has 1 amide bonds. The molecule has 0 aromatic heterocycles. The van der Waals surface area contributed by atoms with E-state index in [0.717, 1.165) is 16.8 Å². The molecular formula is C27H27N3O6S. The van der Waals surface area contributed by atoms with Crippen molar-refractivity contribution in [3.63, 3.8) is 0 Å². The molecule has 9 nitrogen and oxygen atoms in total. The van der Waals surface area contributed by atoms with Crippen LogP contribution in [0.4, 0.5) is 0 Å². The maximum atomic E-state index is 13.1. The summed E-state index contributed by atoms with van der Waals surface area (Å²) >= 11 is 1.42. The highest BCUT2D eigenvalue weighted by Gasteiger charge is 2.42. The number of amidine groups is 1. The molecule has 1 N–H and O–H groups in total. The van der Waals surface area contributed by atoms with Crippen molar-refractivity contribution in [2.75, 3.05) is 20.5 Å². The molecule has 1 unspecified atom stereocenters. The van der Waals surface area contributed by atoms with Crippen molar-refractivity contribution in [3.05, 3.63) is 76.0 Å². The molecule has 0 aliphatic carbocycles. The molecule has 0 fully saturated rings. The Morgan fingerprint density at radius 1 is 1.19 bits per heavy atom. The van der Waals surface area contributed by atoms with Gasteiger partial charge in [0.05, 0.1) is 37.4 Å². The molecule has 3 aliphatic heterocycles. The van der Waals surface area contributed by atoms with Crippen molar-refractivity contribution in [2.24, 2.45) is 4.99 Å². The van der Waals surface area contributed by atoms with E-state index in [9.17, 15) is 9.59 Å². The van der Waals surface area contributed by atoms with Crippen molar-refractivity contribution >= 4 is 28.8 Å². The largest absolute Gasteiger partial charge is 0.496 e. The summed E-state index contributed by atoms with van der Waals surface area (Å²) in [6.07, 6.45) is 0.109. The number of allylic oxidation sites excluding steroid dienone is 1. The van der Waals surface area contributed by atoms with E-state index in [1.807, 2.05) is 52.8 Å². The summed E-state index contributed by atoms with van der Waals surface area (Å²) in [6.45, 7) is 4.36. The van der Waals surface area contributed by atoms with E-state index in [4.69, 9.17) is 18.9 Å². The van der Waals surface area contributed by atoms with Crippen LogP contribution in [0.3, 0.4) is 0 Å². The van der Waals surface area contributed by atoms with Gasteiger partial charge in [-0.1, -0.05) is 36.0 Å². The predicted octanol–water partition coefficient (Wildman–Crippen LogP) is 4.27. The zero-order valence-electron chi connectivity index (χ0n) is 20.8. The topological polar surface area (TPSA) is 98.7 Å². The number of ether oxygens (including phenoxy) is 4. The van der Waals surface area contributed by atoms with Crippen molar-refractivity contribution < 1.29 is 28.5 Å². The first-order chi connectivity index (χ1) is 18.0. The van der Waals surface area contributed by atoms with Gasteiger partial charge >= 0.3 is 5.97 Å². The first-order valence-electron chi connectivity index (χ1n) is 11.9. The Labute approximate surface area is 219 Å². The van der Waals surface area contributed by atoms with E-state index in [2.05, 4.69) is 10.3 Å². The van der Waals surface area contributed by atoms with Gasteiger partial charge in [-0.05, 0) is 43.0 Å². The molecule has 3 aliphatic rings. The van der Waals surface area contributed by atoms with E-state index in [0.29, 0.717) is 40.2 Å². The van der Waals surface area contributed by atoms with E-state index >= 15 is 0 Å². The van der Waals surface area contributed by atoms with Crippen LogP contribution < -0.4 is 19.5 Å². The van der Waals surface area contributed by atoms with Crippen LogP contribution in [0.15, 0.2) is 69.8 Å². The fourth-order valence-corrected chi connectivity index (χ4v) is 5.47. The summed E-state index contributed by atoms with van der Waals surface area (Å²) in [4.78, 5) is 32.7. The first-order valence-corrected chi connectivity index (χ1v) is 12.8. The number of nitrogens with zero attached hydrogens (tertiary/aromatic N) is 2. The number of hydrogen-bond donors (Lipinski definition) is 1. The van der Waals surface area contributed by atoms with Gasteiger partial charge in [0.15, 0.2) is 16.7 Å². The Morgan fingerprint density at radius 2 is 2.00 bits per heavy atom. The van der Waals surface area contributed by atoms with Gasteiger partial charge in [0, 0.05) is 17.8 Å². The average Bonchev–Trinajstić information content (AvgIpc) is 3.53. The minimum Gasteiger partial charge on any atom is -0.496 e. The van der Waals surface area contributed by atoms with Crippen LogP contribution in [0.1, 0.15) is 37.4 Å². The smallest absolute Gasteiger partial charge is 0.338 e. The third kappa shape index (κ3) is 4.89. The van der Waals surface area contributed by atoms with E-state index in [1.54, 1.807) is 21.0 Å². The zero-order chi connectivity index (χ0) is 25.9. The third-order valence-corrected chi connectivity index (χ3v) is 7.09. The van der Waals surface area contributed by atoms with Gasteiger partial charge < -0.3 is 29.2 Å². The highest BCUT2D eigenvalue weighted by Crippen LogP contribution is 2.46. The number of benzene rings is 2. The number of amides is 1. The molecule has 10 heteroatoms. The minimum atomic E-state index is -0.550. The summed E-state index contributed by atoms with van der Waals surface area (Å²) in [5.41, 5.74) is 3.42. The molecule has 1 atom stereocenters. The number of para-hydroxylation sites is 1. The van der Waals surface area contributed by atoms with Gasteiger partial charge in [0.1, 0.15) is 5.75 Å².